The van der Waals surface area contributed by atoms with Crippen molar-refractivity contribution in [2.75, 3.05) is 6.66 Å². The van der Waals surface area contributed by atoms with E-state index >= 15 is 0 Å². The van der Waals surface area contributed by atoms with Crippen molar-refractivity contribution in [1.29, 1.82) is 0 Å². The van der Waals surface area contributed by atoms with Crippen molar-refractivity contribution < 1.29 is 65.9 Å². The molecule has 0 amide bonds. The molecule has 4 bridgehead atoms. The Balaban J connectivity index is 1.96. The van der Waals surface area contributed by atoms with Crippen LogP contribution in [0.2, 0.25) is 0 Å². The minimum absolute atomic E-state index is 0.840. The summed E-state index contributed by atoms with van der Waals surface area (Å²) < 4.78 is 63.6. The Bertz CT molecular complexity index is 561. The third-order valence-corrected chi connectivity index (χ3v) is 5.25. The van der Waals surface area contributed by atoms with Gasteiger partial charge in [0, 0.05) is 6.66 Å². The van der Waals surface area contributed by atoms with E-state index in [1.807, 2.05) is 0 Å². The normalized spacial score (nSPS) is 43.2. The minimum Gasteiger partial charge on any atom is -0.324 e. The molecular weight excluding hydrogens is 413 g/mol. The second-order valence-electron chi connectivity index (χ2n) is 5.58. The fourth-order valence-electron chi connectivity index (χ4n) is 2.97. The number of hydrogen-bond donors (Lipinski definition) is 5. The molecule has 5 atom stereocenters. The lowest BCUT2D eigenvalue weighted by Gasteiger charge is -2.58. The van der Waals surface area contributed by atoms with Gasteiger partial charge in [-0.2, -0.15) is 0 Å². The zero-order valence-electron chi connectivity index (χ0n) is 12.3. The van der Waals surface area contributed by atoms with Gasteiger partial charge in [-0.1, -0.05) is 0 Å². The zero-order valence-corrected chi connectivity index (χ0v) is 15.0. The van der Waals surface area contributed by atoms with Crippen molar-refractivity contribution in [3.63, 3.8) is 0 Å². The van der Waals surface area contributed by atoms with E-state index in [1.54, 1.807) is 0 Å². The number of phosphoric acid groups is 2. The van der Waals surface area contributed by atoms with Crippen LogP contribution < -0.4 is 0 Å². The van der Waals surface area contributed by atoms with Crippen LogP contribution in [0.1, 0.15) is 0 Å². The Hall–Kier alpha value is 0.250. The third kappa shape index (κ3) is 4.57. The topological polar surface area (TPSA) is 208 Å². The molecule has 0 radical (unpaired) electrons. The van der Waals surface area contributed by atoms with E-state index in [0.717, 1.165) is 6.66 Å². The van der Waals surface area contributed by atoms with Gasteiger partial charge in [0.2, 0.25) is 0 Å². The van der Waals surface area contributed by atoms with Crippen molar-refractivity contribution in [3.8, 4) is 0 Å². The van der Waals surface area contributed by atoms with Crippen LogP contribution in [0, 0.1) is 0 Å². The van der Waals surface area contributed by atoms with Crippen LogP contribution in [0.15, 0.2) is 0 Å². The summed E-state index contributed by atoms with van der Waals surface area (Å²) in [5.41, 5.74) is 0. The van der Waals surface area contributed by atoms with Crippen LogP contribution in [0.25, 0.3) is 0 Å². The molecule has 1 saturated carbocycles. The molecule has 4 rings (SSSR count). The Morgan fingerprint density at radius 1 is 0.680 bits per heavy atom. The SMILES string of the molecule is CP(=O)(O)OC1C2OC3OC1C(OP(=O)(O)O)C(O3)C2OP(=O)(O)O. The lowest BCUT2D eigenvalue weighted by atomic mass is 9.83. The highest BCUT2D eigenvalue weighted by molar-refractivity contribution is 7.51. The van der Waals surface area contributed by atoms with Crippen LogP contribution in [-0.2, 0) is 41.5 Å². The van der Waals surface area contributed by atoms with E-state index in [1.165, 1.54) is 0 Å². The summed E-state index contributed by atoms with van der Waals surface area (Å²) in [6.45, 7) is -0.505. The molecule has 0 aromatic heterocycles. The molecule has 25 heavy (non-hydrogen) atoms. The summed E-state index contributed by atoms with van der Waals surface area (Å²) in [5, 5.41) is 0. The molecule has 4 aliphatic rings. The van der Waals surface area contributed by atoms with E-state index in [-0.39, 0.29) is 0 Å². The lowest BCUT2D eigenvalue weighted by molar-refractivity contribution is -0.475. The molecule has 4 fully saturated rings. The summed E-state index contributed by atoms with van der Waals surface area (Å²) in [6.07, 6.45) is -8.70. The van der Waals surface area contributed by atoms with Crippen molar-refractivity contribution in [3.05, 3.63) is 0 Å². The quantitative estimate of drug-likeness (QED) is 0.309. The molecule has 3 saturated heterocycles. The highest BCUT2D eigenvalue weighted by Gasteiger charge is 2.66. The summed E-state index contributed by atoms with van der Waals surface area (Å²) in [4.78, 5) is 45.6. The van der Waals surface area contributed by atoms with E-state index < -0.39 is 66.3 Å². The monoisotopic (exact) mass is 428 g/mol. The van der Waals surface area contributed by atoms with Gasteiger partial charge in [0.25, 0.3) is 6.48 Å². The number of phosphoric ester groups is 2. The Labute approximate surface area is 139 Å². The van der Waals surface area contributed by atoms with Crippen LogP contribution in [0.5, 0.6) is 0 Å². The molecule has 0 spiro atoms. The number of hydrogen-bond acceptors (Lipinski definition) is 9. The molecule has 1 aliphatic carbocycles. The molecule has 0 aromatic rings. The van der Waals surface area contributed by atoms with Gasteiger partial charge in [-0.3, -0.25) is 18.1 Å². The molecule has 14 nitrogen and oxygen atoms in total. The smallest absolute Gasteiger partial charge is 0.324 e. The molecule has 5 unspecified atom stereocenters. The first-order chi connectivity index (χ1) is 11.2. The largest absolute Gasteiger partial charge is 0.470 e. The van der Waals surface area contributed by atoms with Crippen molar-refractivity contribution in [2.45, 2.75) is 43.1 Å². The Morgan fingerprint density at radius 2 is 1.00 bits per heavy atom. The summed E-state index contributed by atoms with van der Waals surface area (Å²) >= 11 is 0. The average Bonchev–Trinajstić information content (AvgIpc) is 2.36. The van der Waals surface area contributed by atoms with E-state index in [4.69, 9.17) is 38.3 Å². The van der Waals surface area contributed by atoms with E-state index in [9.17, 15) is 18.6 Å². The van der Waals surface area contributed by atoms with Gasteiger partial charge >= 0.3 is 23.2 Å². The maximum Gasteiger partial charge on any atom is 0.470 e. The second kappa shape index (κ2) is 6.40. The van der Waals surface area contributed by atoms with Gasteiger partial charge in [-0.05, 0) is 0 Å². The molecule has 3 aliphatic heterocycles. The number of ether oxygens (including phenoxy) is 3. The van der Waals surface area contributed by atoms with E-state index in [2.05, 4.69) is 9.05 Å². The van der Waals surface area contributed by atoms with Crippen LogP contribution in [0.4, 0.5) is 0 Å². The fourth-order valence-corrected chi connectivity index (χ4v) is 4.78. The summed E-state index contributed by atoms with van der Waals surface area (Å²) in [7, 11) is -14.3. The molecule has 3 heterocycles. The van der Waals surface area contributed by atoms with Crippen molar-refractivity contribution in [2.24, 2.45) is 0 Å². The lowest BCUT2D eigenvalue weighted by Crippen LogP contribution is -2.75. The Morgan fingerprint density at radius 3 is 1.28 bits per heavy atom. The van der Waals surface area contributed by atoms with Crippen molar-refractivity contribution in [1.82, 2.24) is 0 Å². The van der Waals surface area contributed by atoms with Gasteiger partial charge in [-0.15, -0.1) is 0 Å². The standard InChI is InChI=1S/C8H15O14P3/c1-23(9,10)20-5-2-6(21-24(11,12)13)4-7(22-25(14,15)16)3(5)18-8(17-2)19-4/h2-8H,1H3,(H,9,10)(H2,11,12,13)(H2,14,15,16). The van der Waals surface area contributed by atoms with Gasteiger partial charge in [0.1, 0.15) is 36.6 Å². The summed E-state index contributed by atoms with van der Waals surface area (Å²) in [5.74, 6) is 0. The average molecular weight is 428 g/mol. The van der Waals surface area contributed by atoms with Gasteiger partial charge < -0.3 is 38.7 Å². The van der Waals surface area contributed by atoms with Gasteiger partial charge in [0.15, 0.2) is 0 Å². The fraction of sp³-hybridized carbons (Fsp3) is 1.00. The molecule has 17 heteroatoms. The molecule has 5 N–H and O–H groups in total. The minimum atomic E-state index is -5.09. The first kappa shape index (κ1) is 20.0. The maximum atomic E-state index is 11.6. The highest BCUT2D eigenvalue weighted by atomic mass is 31.2. The van der Waals surface area contributed by atoms with Crippen molar-refractivity contribution >= 4 is 23.2 Å². The highest BCUT2D eigenvalue weighted by Crippen LogP contribution is 2.54. The van der Waals surface area contributed by atoms with Gasteiger partial charge in [-0.25, -0.2) is 9.13 Å². The number of rotatable bonds is 6. The van der Waals surface area contributed by atoms with E-state index in [0.29, 0.717) is 0 Å². The van der Waals surface area contributed by atoms with Crippen LogP contribution >= 0.6 is 23.2 Å². The second-order valence-corrected chi connectivity index (χ2v) is 9.79. The zero-order chi connectivity index (χ0) is 18.8. The predicted molar refractivity (Wildman–Crippen MR) is 72.9 cm³/mol. The Kier molecular flexibility index (Phi) is 5.12. The summed E-state index contributed by atoms with van der Waals surface area (Å²) in [6, 6.07) is 0. The first-order valence-electron chi connectivity index (χ1n) is 6.66. The third-order valence-electron chi connectivity index (χ3n) is 3.58. The van der Waals surface area contributed by atoms with Crippen LogP contribution in [0.3, 0.4) is 0 Å². The first-order valence-corrected chi connectivity index (χ1v) is 11.7. The predicted octanol–water partition coefficient (Wildman–Crippen LogP) is -1.38. The molecular formula is C8H15O14P3. The van der Waals surface area contributed by atoms with Gasteiger partial charge in [0.05, 0.1) is 0 Å². The molecule has 0 aromatic carbocycles. The maximum absolute atomic E-state index is 11.6. The molecule has 146 valence electrons. The van der Waals surface area contributed by atoms with Crippen LogP contribution in [-0.4, -0.2) is 74.2 Å².